The van der Waals surface area contributed by atoms with Gasteiger partial charge in [0.05, 0.1) is 0 Å². The molecule has 292 valence electrons. The Balaban J connectivity index is 3.43. The van der Waals surface area contributed by atoms with Crippen molar-refractivity contribution in [2.45, 2.75) is 232 Å². The molecule has 0 unspecified atom stereocenters. The summed E-state index contributed by atoms with van der Waals surface area (Å²) in [5, 5.41) is 0. The van der Waals surface area contributed by atoms with Crippen molar-refractivity contribution >= 4 is 8.17 Å². The van der Waals surface area contributed by atoms with E-state index in [1.807, 2.05) is 0 Å². The number of hydrogen-bond donors (Lipinski definition) is 2. The van der Waals surface area contributed by atoms with E-state index in [4.69, 9.17) is 9.05 Å². The quantitative estimate of drug-likeness (QED) is 0.0383. The van der Waals surface area contributed by atoms with E-state index >= 15 is 0 Å². The highest BCUT2D eigenvalue weighted by molar-refractivity contribution is 7.54. The maximum Gasteiger partial charge on any atom is 0.569 e. The molecule has 4 nitrogen and oxygen atoms in total. The van der Waals surface area contributed by atoms with Gasteiger partial charge < -0.3 is 0 Å². The summed E-state index contributed by atoms with van der Waals surface area (Å²) in [6.45, 7) is 5.21. The van der Waals surface area contributed by atoms with Gasteiger partial charge in [-0.05, 0) is 62.2 Å². The van der Waals surface area contributed by atoms with Crippen LogP contribution in [0.15, 0.2) is 0 Å². The lowest BCUT2D eigenvalue weighted by atomic mass is 10.1. The minimum absolute atomic E-state index is 0.340. The Bertz CT molecular complexity index is 900. The van der Waals surface area contributed by atoms with Crippen LogP contribution in [0, 0.1) is 47.4 Å². The van der Waals surface area contributed by atoms with Crippen LogP contribution in [0.25, 0.3) is 0 Å². The third-order valence-electron chi connectivity index (χ3n) is 9.20. The summed E-state index contributed by atoms with van der Waals surface area (Å²) >= 11 is 0. The topological polar surface area (TPSA) is 58.9 Å². The maximum absolute atomic E-state index is 10.0. The zero-order valence-corrected chi connectivity index (χ0v) is 34.5. The monoisotopic (exact) mass is 728 g/mol. The lowest BCUT2D eigenvalue weighted by Crippen LogP contribution is -2.04. The molecule has 0 fully saturated rings. The van der Waals surface area contributed by atoms with E-state index in [1.54, 1.807) is 0 Å². The molecule has 0 atom stereocenters. The molecule has 0 saturated heterocycles. The van der Waals surface area contributed by atoms with Gasteiger partial charge in [-0.1, -0.05) is 192 Å². The van der Waals surface area contributed by atoms with E-state index in [0.717, 1.165) is 77.0 Å². The lowest BCUT2D eigenvalue weighted by molar-refractivity contribution is 0.112. The van der Waals surface area contributed by atoms with Gasteiger partial charge in [0.25, 0.3) is 0 Å². The molecule has 0 radical (unpaired) electrons. The summed E-state index contributed by atoms with van der Waals surface area (Å²) in [5.41, 5.74) is 0. The van der Waals surface area contributed by atoms with E-state index in [9.17, 15) is 9.79 Å². The second-order valence-electron chi connectivity index (χ2n) is 14.3. The Morgan fingerprint density at radius 3 is 0.784 bits per heavy atom. The second-order valence-corrected chi connectivity index (χ2v) is 15.8. The molecule has 0 spiro atoms. The first-order valence-corrected chi connectivity index (χ1v) is 23.2. The summed E-state index contributed by atoms with van der Waals surface area (Å²) < 4.78 is 10.5. The maximum atomic E-state index is 10.0. The van der Waals surface area contributed by atoms with Crippen LogP contribution in [0.1, 0.15) is 232 Å². The largest absolute Gasteiger partial charge is 0.569 e. The van der Waals surface area contributed by atoms with Crippen LogP contribution < -0.4 is 0 Å². The molecule has 0 aliphatic rings. The molecule has 0 aromatic carbocycles. The Hall–Kier alpha value is -1.49. The van der Waals surface area contributed by atoms with Gasteiger partial charge in [-0.3, -0.25) is 0 Å². The fourth-order valence-corrected chi connectivity index (χ4v) is 6.73. The van der Waals surface area contributed by atoms with Gasteiger partial charge >= 0.3 is 8.17 Å². The highest BCUT2D eigenvalue weighted by Crippen LogP contribution is 2.52. The Morgan fingerprint density at radius 2 is 0.529 bits per heavy atom. The SMILES string of the molecule is CCCCCCCCCCC#CC#CCCCCCCCCCO[P+](O)(O)OCCCCCCCCCC#CC#CCCCCCCCCCC. The Morgan fingerprint density at radius 1 is 0.314 bits per heavy atom. The highest BCUT2D eigenvalue weighted by atomic mass is 31.2. The van der Waals surface area contributed by atoms with E-state index in [1.165, 1.54) is 141 Å². The third kappa shape index (κ3) is 44.6. The molecule has 0 amide bonds. The molecule has 0 aliphatic heterocycles. The van der Waals surface area contributed by atoms with Crippen molar-refractivity contribution in [3.05, 3.63) is 0 Å². The lowest BCUT2D eigenvalue weighted by Gasteiger charge is -2.09. The molecule has 2 N–H and O–H groups in total. The first kappa shape index (κ1) is 49.5. The van der Waals surface area contributed by atoms with Crippen LogP contribution in [0.4, 0.5) is 0 Å². The fraction of sp³-hybridized carbons (Fsp3) is 0.826. The van der Waals surface area contributed by atoms with Crippen molar-refractivity contribution in [2.75, 3.05) is 13.2 Å². The first-order valence-electron chi connectivity index (χ1n) is 21.7. The van der Waals surface area contributed by atoms with Crippen LogP contribution in [0.2, 0.25) is 0 Å². The molecule has 0 aromatic heterocycles. The average molecular weight is 728 g/mol. The summed E-state index contributed by atoms with van der Waals surface area (Å²) in [6, 6.07) is 0. The molecule has 0 rings (SSSR count). The van der Waals surface area contributed by atoms with Gasteiger partial charge in [0, 0.05) is 25.7 Å². The van der Waals surface area contributed by atoms with Gasteiger partial charge in [-0.25, -0.2) is 0 Å². The molecule has 0 aromatic rings. The molecule has 0 saturated carbocycles. The minimum atomic E-state index is -3.68. The summed E-state index contributed by atoms with van der Waals surface area (Å²) in [4.78, 5) is 20.1. The highest BCUT2D eigenvalue weighted by Gasteiger charge is 2.38. The van der Waals surface area contributed by atoms with Crippen LogP contribution in [-0.2, 0) is 9.05 Å². The van der Waals surface area contributed by atoms with Gasteiger partial charge in [0.15, 0.2) is 0 Å². The molecule has 0 bridgehead atoms. The minimum Gasteiger partial charge on any atom is -0.168 e. The normalized spacial score (nSPS) is 10.7. The van der Waals surface area contributed by atoms with E-state index < -0.39 is 8.17 Å². The second kappa shape index (κ2) is 42.9. The fourth-order valence-electron chi connectivity index (χ4n) is 5.92. The smallest absolute Gasteiger partial charge is 0.168 e. The molecular weight excluding hydrogens is 647 g/mol. The van der Waals surface area contributed by atoms with Gasteiger partial charge in [0.1, 0.15) is 13.2 Å². The van der Waals surface area contributed by atoms with Crippen LogP contribution in [0.5, 0.6) is 0 Å². The van der Waals surface area contributed by atoms with Gasteiger partial charge in [-0.2, -0.15) is 18.8 Å². The Labute approximate surface area is 318 Å². The van der Waals surface area contributed by atoms with E-state index in [0.29, 0.717) is 13.2 Å². The van der Waals surface area contributed by atoms with Crippen molar-refractivity contribution in [1.82, 2.24) is 0 Å². The predicted octanol–water partition coefficient (Wildman–Crippen LogP) is 14.0. The molecular formula is C46H80O4P+. The van der Waals surface area contributed by atoms with Crippen molar-refractivity contribution in [2.24, 2.45) is 0 Å². The van der Waals surface area contributed by atoms with E-state index in [2.05, 4.69) is 61.2 Å². The zero-order chi connectivity index (χ0) is 37.0. The van der Waals surface area contributed by atoms with Crippen LogP contribution >= 0.6 is 8.17 Å². The third-order valence-corrected chi connectivity index (χ3v) is 10.2. The van der Waals surface area contributed by atoms with Gasteiger partial charge in [-0.15, -0.1) is 0 Å². The number of rotatable bonds is 36. The van der Waals surface area contributed by atoms with Gasteiger partial charge in [0.2, 0.25) is 0 Å². The summed E-state index contributed by atoms with van der Waals surface area (Å²) in [7, 11) is -3.68. The first-order chi connectivity index (χ1) is 25.1. The summed E-state index contributed by atoms with van der Waals surface area (Å²) in [6.07, 6.45) is 40.8. The number of hydrogen-bond acceptors (Lipinski definition) is 4. The van der Waals surface area contributed by atoms with Crippen molar-refractivity contribution in [3.63, 3.8) is 0 Å². The average Bonchev–Trinajstić information content (AvgIpc) is 3.12. The van der Waals surface area contributed by atoms with Crippen LogP contribution in [0.3, 0.4) is 0 Å². The standard InChI is InChI=1S/C46H80O4P/c1-3-5-7-9-11-13-15-17-19-21-23-25-27-29-31-33-35-37-39-41-43-45-49-51(47,48)50-46-44-42-40-38-36-34-32-30-28-26-24-22-20-18-16-14-12-10-8-6-4-2/h47-48H,3-20,29-46H2,1-2H3/q+1. The molecule has 51 heavy (non-hydrogen) atoms. The van der Waals surface area contributed by atoms with Crippen molar-refractivity contribution < 1.29 is 18.8 Å². The molecule has 5 heteroatoms. The van der Waals surface area contributed by atoms with Crippen LogP contribution in [-0.4, -0.2) is 23.0 Å². The van der Waals surface area contributed by atoms with Crippen molar-refractivity contribution in [1.29, 1.82) is 0 Å². The zero-order valence-electron chi connectivity index (χ0n) is 33.6. The molecule has 0 aliphatic carbocycles. The van der Waals surface area contributed by atoms with E-state index in [-0.39, 0.29) is 0 Å². The van der Waals surface area contributed by atoms with Crippen molar-refractivity contribution in [3.8, 4) is 47.4 Å². The predicted molar refractivity (Wildman–Crippen MR) is 223 cm³/mol. The molecule has 0 heterocycles. The Kier molecular flexibility index (Phi) is 41.7. The summed E-state index contributed by atoms with van der Waals surface area (Å²) in [5.74, 6) is 24.9. The number of unbranched alkanes of at least 4 members (excludes halogenated alkanes) is 30.